The fraction of sp³-hybridized carbons (Fsp3) is 0.863. The zero-order chi connectivity index (χ0) is 81.5. The summed E-state index contributed by atoms with van der Waals surface area (Å²) in [5.74, 6) is -1.13. The highest BCUT2D eigenvalue weighted by atomic mass is 16.6. The Labute approximate surface area is 620 Å². The molecule has 2 fully saturated rings. The maximum atomic E-state index is 11.7. The standard InChI is InChI=1S/C12H23NO3.C11H20O2.C10H18O2.C9H19NO2.3C9H18O2.C7H11NO2.C4H8O2/c1-9(14)13-8-7-12(5,6)16-10(15)11(2,3)4;1-9(2)11(12)13-8-10-6-4-3-5-7-10;1-8(2)10(11)12-9-6-4-3-5-7-9;1-7(2)8(11)12-9(3,4)5-6-10;1-7(2)8(10)11-6-9(3,4)5;1-6-9(4,5)11-8(10)7(2)3;1-5-8(4)6-11-9(10)7(2)3;1-6(2)7(9)10-5-3-4-8;1-3(2)4(5)6/h7-8H2,1-6H3,(H,13,14);9-10H,3-8H2,1-2H3;8-9H,3-7H2,1-2H3;7H,5-6,10H2,1-4H3;2*7H,6H2,1-5H3;7-8H,5-6H2,1-4H3;6H,3,5H2,1-2H3;3H,1-2H3,(H,5,6). The Balaban J connectivity index is -0.000000201. The molecule has 1 unspecified atom stereocenters. The first kappa shape index (κ1) is 110. The fourth-order valence-electron chi connectivity index (χ4n) is 6.78. The minimum Gasteiger partial charge on any atom is -0.481 e. The van der Waals surface area contributed by atoms with Crippen LogP contribution >= 0.6 is 0 Å². The van der Waals surface area contributed by atoms with E-state index in [9.17, 15) is 47.9 Å². The average Bonchev–Trinajstić information content (AvgIpc) is 0.877. The minimum atomic E-state index is -0.741. The van der Waals surface area contributed by atoms with Crippen LogP contribution in [0, 0.1) is 81.3 Å². The number of rotatable bonds is 26. The summed E-state index contributed by atoms with van der Waals surface area (Å²) in [6.07, 6.45) is 16.0. The predicted molar refractivity (Wildman–Crippen MR) is 406 cm³/mol. The summed E-state index contributed by atoms with van der Waals surface area (Å²) in [4.78, 5) is 109. The number of nitrogens with one attached hydrogen (secondary N) is 1. The van der Waals surface area contributed by atoms with E-state index in [4.69, 9.17) is 49.3 Å². The molecule has 0 aromatic rings. The van der Waals surface area contributed by atoms with Crippen LogP contribution < -0.4 is 11.1 Å². The zero-order valence-electron chi connectivity index (χ0n) is 70.5. The van der Waals surface area contributed by atoms with Crippen molar-refractivity contribution in [1.29, 1.82) is 5.26 Å². The molecular formula is C80H153N3O19. The van der Waals surface area contributed by atoms with Crippen molar-refractivity contribution >= 4 is 59.6 Å². The van der Waals surface area contributed by atoms with E-state index in [-0.39, 0.29) is 131 Å². The second kappa shape index (κ2) is 60.4. The number of carbonyl (C=O) groups excluding carboxylic acids is 9. The molecule has 2 saturated carbocycles. The molecule has 4 N–H and O–H groups in total. The number of carboxylic acids is 1. The second-order valence-electron chi connectivity index (χ2n) is 32.7. The summed E-state index contributed by atoms with van der Waals surface area (Å²) in [7, 11) is 0. The molecule has 1 atom stereocenters. The number of hydrogen-bond donors (Lipinski definition) is 3. The molecule has 602 valence electrons. The van der Waals surface area contributed by atoms with Gasteiger partial charge < -0.3 is 54.1 Å². The van der Waals surface area contributed by atoms with Gasteiger partial charge in [0.15, 0.2) is 0 Å². The summed E-state index contributed by atoms with van der Waals surface area (Å²) >= 11 is 0. The van der Waals surface area contributed by atoms with E-state index >= 15 is 0 Å². The van der Waals surface area contributed by atoms with Gasteiger partial charge in [0, 0.05) is 19.9 Å². The Morgan fingerprint density at radius 3 is 1.21 bits per heavy atom. The number of ether oxygens (including phenoxy) is 8. The quantitative estimate of drug-likeness (QED) is 0.0411. The monoisotopic (exact) mass is 1460 g/mol. The van der Waals surface area contributed by atoms with E-state index in [1.54, 1.807) is 27.7 Å². The second-order valence-corrected chi connectivity index (χ2v) is 32.7. The summed E-state index contributed by atoms with van der Waals surface area (Å²) in [5, 5.41) is 18.8. The van der Waals surface area contributed by atoms with Gasteiger partial charge in [-0.1, -0.05) is 184 Å². The van der Waals surface area contributed by atoms with Crippen molar-refractivity contribution < 1.29 is 90.9 Å². The molecule has 22 nitrogen and oxygen atoms in total. The first-order valence-electron chi connectivity index (χ1n) is 37.6. The molecule has 2 aliphatic rings. The molecule has 22 heteroatoms. The number of nitrogens with zero attached hydrogens (tertiary/aromatic N) is 1. The number of nitrogens with two attached hydrogens (primary N) is 1. The maximum Gasteiger partial charge on any atom is 0.311 e. The number of carboxylic acid groups (broad SMARTS) is 1. The fourth-order valence-corrected chi connectivity index (χ4v) is 6.78. The van der Waals surface area contributed by atoms with E-state index in [2.05, 4.69) is 23.9 Å². The van der Waals surface area contributed by atoms with E-state index in [0.29, 0.717) is 57.6 Å². The van der Waals surface area contributed by atoms with E-state index in [0.717, 1.165) is 25.7 Å². The highest BCUT2D eigenvalue weighted by Crippen LogP contribution is 2.26. The van der Waals surface area contributed by atoms with E-state index in [1.807, 2.05) is 179 Å². The van der Waals surface area contributed by atoms with Crippen LogP contribution in [0.25, 0.3) is 0 Å². The van der Waals surface area contributed by atoms with Crippen LogP contribution in [-0.4, -0.2) is 127 Å². The number of amides is 1. The molecule has 0 heterocycles. The number of nitriles is 1. The van der Waals surface area contributed by atoms with Crippen LogP contribution in [0.1, 0.15) is 318 Å². The summed E-state index contributed by atoms with van der Waals surface area (Å²) in [6, 6.07) is 1.88. The van der Waals surface area contributed by atoms with Gasteiger partial charge in [-0.3, -0.25) is 47.9 Å². The number of carbonyl (C=O) groups is 10. The number of hydrogen-bond acceptors (Lipinski definition) is 20. The van der Waals surface area contributed by atoms with E-state index < -0.39 is 22.6 Å². The van der Waals surface area contributed by atoms with Crippen LogP contribution in [0.2, 0.25) is 0 Å². The van der Waals surface area contributed by atoms with Gasteiger partial charge in [0.05, 0.1) is 85.1 Å². The molecule has 102 heavy (non-hydrogen) atoms. The lowest BCUT2D eigenvalue weighted by Gasteiger charge is -2.29. The maximum absolute atomic E-state index is 11.7. The molecule has 0 saturated heterocycles. The van der Waals surface area contributed by atoms with Gasteiger partial charge in [0.25, 0.3) is 0 Å². The lowest BCUT2D eigenvalue weighted by atomic mass is 9.90. The molecule has 0 radical (unpaired) electrons. The molecular weight excluding hydrogens is 1310 g/mol. The molecule has 0 spiro atoms. The number of esters is 8. The largest absolute Gasteiger partial charge is 0.481 e. The highest BCUT2D eigenvalue weighted by molar-refractivity contribution is 5.76. The topological polar surface area (TPSA) is 327 Å². The number of aliphatic carboxylic acids is 1. The van der Waals surface area contributed by atoms with Gasteiger partial charge >= 0.3 is 53.7 Å². The van der Waals surface area contributed by atoms with Crippen molar-refractivity contribution in [3.8, 4) is 6.07 Å². The normalized spacial score (nSPS) is 13.4. The first-order valence-corrected chi connectivity index (χ1v) is 37.6. The molecule has 0 aromatic heterocycles. The lowest BCUT2D eigenvalue weighted by molar-refractivity contribution is -0.167. The third-order valence-electron chi connectivity index (χ3n) is 14.6. The summed E-state index contributed by atoms with van der Waals surface area (Å²) < 4.78 is 41.1. The van der Waals surface area contributed by atoms with E-state index in [1.165, 1.54) is 58.3 Å². The summed E-state index contributed by atoms with van der Waals surface area (Å²) in [6.45, 7) is 62.5. The molecule has 0 aromatic carbocycles. The lowest BCUT2D eigenvalue weighted by Crippen LogP contribution is -2.37. The van der Waals surface area contributed by atoms with Crippen LogP contribution in [-0.2, 0) is 85.8 Å². The van der Waals surface area contributed by atoms with Crippen molar-refractivity contribution in [3.63, 3.8) is 0 Å². The molecule has 1 amide bonds. The average molecular weight is 1460 g/mol. The first-order chi connectivity index (χ1) is 46.4. The predicted octanol–water partition coefficient (Wildman–Crippen LogP) is 17.1. The minimum absolute atomic E-state index is 0.000874. The van der Waals surface area contributed by atoms with Gasteiger partial charge in [0.1, 0.15) is 29.5 Å². The Morgan fingerprint density at radius 2 is 0.863 bits per heavy atom. The Bertz CT molecular complexity index is 2310. The van der Waals surface area contributed by atoms with Crippen molar-refractivity contribution in [2.45, 2.75) is 341 Å². The molecule has 0 bridgehead atoms. The molecule has 2 aliphatic carbocycles. The smallest absolute Gasteiger partial charge is 0.311 e. The van der Waals surface area contributed by atoms with Crippen LogP contribution in [0.5, 0.6) is 0 Å². The van der Waals surface area contributed by atoms with Gasteiger partial charge in [-0.2, -0.15) is 5.26 Å². The van der Waals surface area contributed by atoms with Gasteiger partial charge in [-0.15, -0.1) is 0 Å². The van der Waals surface area contributed by atoms with Crippen molar-refractivity contribution in [2.75, 3.05) is 39.5 Å². The summed E-state index contributed by atoms with van der Waals surface area (Å²) in [5.41, 5.74) is 3.68. The van der Waals surface area contributed by atoms with Crippen LogP contribution in [0.4, 0.5) is 0 Å². The van der Waals surface area contributed by atoms with Gasteiger partial charge in [-0.25, -0.2) is 0 Å². The third-order valence-corrected chi connectivity index (χ3v) is 14.6. The van der Waals surface area contributed by atoms with Gasteiger partial charge in [-0.05, 0) is 137 Å². The van der Waals surface area contributed by atoms with Crippen LogP contribution in [0.15, 0.2) is 0 Å². The SMILES string of the molecule is CC(=O)NCCC(C)(C)OC(=O)C(C)(C)C.CC(C)C(=O)O.CC(C)C(=O)OC(C)(C)CCN.CC(C)C(=O)OC1CCCCC1.CC(C)C(=O)OCC(C)(C)C.CC(C)C(=O)OCC1CCCCC1.CC(C)C(=O)OCCC#N.CCC(C)(C)OC(=O)C(C)C.CCC(C)COC(=O)C(C)C. The van der Waals surface area contributed by atoms with Gasteiger partial charge in [0.2, 0.25) is 5.91 Å². The Kier molecular flexibility index (Phi) is 64.9. The Hall–Kier alpha value is -5.85. The zero-order valence-corrected chi connectivity index (χ0v) is 70.5. The molecule has 0 aliphatic heterocycles. The van der Waals surface area contributed by atoms with Crippen molar-refractivity contribution in [1.82, 2.24) is 5.32 Å². The molecule has 2 rings (SSSR count). The third kappa shape index (κ3) is 75.3. The van der Waals surface area contributed by atoms with Crippen LogP contribution in [0.3, 0.4) is 0 Å². The highest BCUT2D eigenvalue weighted by Gasteiger charge is 2.31. The Morgan fingerprint density at radius 1 is 0.490 bits per heavy atom. The van der Waals surface area contributed by atoms with Crippen molar-refractivity contribution in [3.05, 3.63) is 0 Å². The van der Waals surface area contributed by atoms with Crippen molar-refractivity contribution in [2.24, 2.45) is 75.7 Å².